The fourth-order valence-electron chi connectivity index (χ4n) is 1.71. The highest BCUT2D eigenvalue weighted by atomic mass is 35.5. The molecule has 0 bridgehead atoms. The Balaban J connectivity index is 1.74. The molecule has 0 spiro atoms. The van der Waals surface area contributed by atoms with Gasteiger partial charge in [-0.05, 0) is 29.6 Å². The summed E-state index contributed by atoms with van der Waals surface area (Å²) >= 11 is 13.1. The lowest BCUT2D eigenvalue weighted by Crippen LogP contribution is -2.42. The third kappa shape index (κ3) is 5.23. The van der Waals surface area contributed by atoms with Gasteiger partial charge in [-0.25, -0.2) is 0 Å². The molecule has 0 fully saturated rings. The van der Waals surface area contributed by atoms with Gasteiger partial charge in [-0.3, -0.25) is 25.2 Å². The Bertz CT molecular complexity index is 750. The van der Waals surface area contributed by atoms with Crippen LogP contribution in [0, 0.1) is 0 Å². The minimum Gasteiger partial charge on any atom is -0.351 e. The first-order valence-electron chi connectivity index (χ1n) is 6.82. The van der Waals surface area contributed by atoms with Crippen LogP contribution in [0.5, 0.6) is 0 Å². The van der Waals surface area contributed by atoms with Crippen LogP contribution in [0.1, 0.15) is 27.1 Å². The Morgan fingerprint density at radius 3 is 2.54 bits per heavy atom. The summed E-state index contributed by atoms with van der Waals surface area (Å²) < 4.78 is 0. The normalized spacial score (nSPS) is 10.1. The average molecular weight is 386 g/mol. The maximum Gasteiger partial charge on any atom is 0.271 e. The fraction of sp³-hybridized carbons (Fsp3) is 0.133. The third-order valence-electron chi connectivity index (χ3n) is 2.91. The Morgan fingerprint density at radius 1 is 1.04 bits per heavy atom. The molecule has 0 saturated carbocycles. The maximum absolute atomic E-state index is 11.9. The summed E-state index contributed by atoms with van der Waals surface area (Å²) in [4.78, 5) is 35.3. The van der Waals surface area contributed by atoms with Gasteiger partial charge in [0.15, 0.2) is 0 Å². The predicted octanol–water partition coefficient (Wildman–Crippen LogP) is 2.64. The first-order chi connectivity index (χ1) is 11.5. The van der Waals surface area contributed by atoms with E-state index in [0.717, 1.165) is 0 Å². The number of hydrogen-bond acceptors (Lipinski definition) is 4. The summed E-state index contributed by atoms with van der Waals surface area (Å²) in [6.07, 6.45) is 0.0133. The van der Waals surface area contributed by atoms with Crippen molar-refractivity contribution in [1.29, 1.82) is 0 Å². The van der Waals surface area contributed by atoms with E-state index in [1.807, 2.05) is 0 Å². The van der Waals surface area contributed by atoms with Crippen LogP contribution >= 0.6 is 34.5 Å². The topological polar surface area (TPSA) is 87.3 Å². The number of halogens is 2. The Kier molecular flexibility index (Phi) is 6.60. The molecule has 0 atom stereocenters. The van der Waals surface area contributed by atoms with E-state index < -0.39 is 11.8 Å². The lowest BCUT2D eigenvalue weighted by atomic mass is 10.2. The maximum atomic E-state index is 11.9. The van der Waals surface area contributed by atoms with Gasteiger partial charge >= 0.3 is 0 Å². The number of hydrazine groups is 1. The molecule has 9 heteroatoms. The number of benzene rings is 1. The van der Waals surface area contributed by atoms with E-state index in [4.69, 9.17) is 23.2 Å². The van der Waals surface area contributed by atoms with Crippen molar-refractivity contribution < 1.29 is 14.4 Å². The first kappa shape index (κ1) is 18.3. The van der Waals surface area contributed by atoms with Gasteiger partial charge in [-0.2, -0.15) is 11.3 Å². The molecule has 1 heterocycles. The summed E-state index contributed by atoms with van der Waals surface area (Å²) in [5.41, 5.74) is 5.18. The Hall–Kier alpha value is -2.09. The van der Waals surface area contributed by atoms with Gasteiger partial charge in [0.05, 0.1) is 10.6 Å². The highest BCUT2D eigenvalue weighted by molar-refractivity contribution is 7.08. The van der Waals surface area contributed by atoms with E-state index in [0.29, 0.717) is 10.6 Å². The van der Waals surface area contributed by atoms with Gasteiger partial charge < -0.3 is 5.32 Å². The molecule has 2 aromatic rings. The predicted molar refractivity (Wildman–Crippen MR) is 93.3 cm³/mol. The van der Waals surface area contributed by atoms with Crippen molar-refractivity contribution in [2.45, 2.75) is 6.42 Å². The van der Waals surface area contributed by atoms with Gasteiger partial charge in [0.1, 0.15) is 0 Å². The molecule has 0 saturated heterocycles. The second-order valence-electron chi connectivity index (χ2n) is 4.64. The van der Waals surface area contributed by atoms with Crippen LogP contribution in [-0.2, 0) is 4.79 Å². The van der Waals surface area contributed by atoms with Crippen LogP contribution in [-0.4, -0.2) is 24.3 Å². The SMILES string of the molecule is O=C(CCNC(=O)c1ccsc1)NNC(=O)c1cc(Cl)ccc1Cl. The van der Waals surface area contributed by atoms with Crippen molar-refractivity contribution >= 4 is 52.3 Å². The molecule has 0 aliphatic carbocycles. The molecule has 126 valence electrons. The minimum absolute atomic E-state index is 0.0133. The van der Waals surface area contributed by atoms with Crippen LogP contribution in [0.15, 0.2) is 35.0 Å². The van der Waals surface area contributed by atoms with E-state index in [9.17, 15) is 14.4 Å². The lowest BCUT2D eigenvalue weighted by molar-refractivity contribution is -0.121. The van der Waals surface area contributed by atoms with Gasteiger partial charge in [-0.15, -0.1) is 0 Å². The van der Waals surface area contributed by atoms with Crippen molar-refractivity contribution in [3.05, 3.63) is 56.2 Å². The molecular weight excluding hydrogens is 373 g/mol. The molecule has 1 aromatic heterocycles. The molecule has 3 N–H and O–H groups in total. The second-order valence-corrected chi connectivity index (χ2v) is 6.27. The standard InChI is InChI=1S/C15H13Cl2N3O3S/c16-10-1-2-12(17)11(7-10)15(23)20-19-13(21)3-5-18-14(22)9-4-6-24-8-9/h1-2,4,6-8H,3,5H2,(H,18,22)(H,19,21)(H,20,23). The number of hydrogen-bond donors (Lipinski definition) is 3. The average Bonchev–Trinajstić information content (AvgIpc) is 3.09. The smallest absolute Gasteiger partial charge is 0.271 e. The van der Waals surface area contributed by atoms with Crippen LogP contribution in [0.25, 0.3) is 0 Å². The second kappa shape index (κ2) is 8.68. The van der Waals surface area contributed by atoms with E-state index in [1.54, 1.807) is 22.9 Å². The van der Waals surface area contributed by atoms with Crippen molar-refractivity contribution in [3.8, 4) is 0 Å². The number of amides is 3. The van der Waals surface area contributed by atoms with Gasteiger partial charge in [0.25, 0.3) is 11.8 Å². The van der Waals surface area contributed by atoms with Gasteiger partial charge in [0.2, 0.25) is 5.91 Å². The van der Waals surface area contributed by atoms with Crippen LogP contribution in [0.4, 0.5) is 0 Å². The van der Waals surface area contributed by atoms with Gasteiger partial charge in [-0.1, -0.05) is 23.2 Å². The molecule has 0 unspecified atom stereocenters. The largest absolute Gasteiger partial charge is 0.351 e. The summed E-state index contributed by atoms with van der Waals surface area (Å²) in [7, 11) is 0. The highest BCUT2D eigenvalue weighted by Crippen LogP contribution is 2.20. The molecule has 0 radical (unpaired) electrons. The molecule has 3 amide bonds. The van der Waals surface area contributed by atoms with Crippen molar-refractivity contribution in [2.75, 3.05) is 6.54 Å². The summed E-state index contributed by atoms with van der Waals surface area (Å²) in [5, 5.41) is 6.68. The first-order valence-corrected chi connectivity index (χ1v) is 8.52. The molecular formula is C15H13Cl2N3O3S. The molecule has 0 aliphatic rings. The van der Waals surface area contributed by atoms with E-state index >= 15 is 0 Å². The van der Waals surface area contributed by atoms with Gasteiger partial charge in [0, 0.05) is 28.9 Å². The zero-order chi connectivity index (χ0) is 17.5. The molecule has 2 rings (SSSR count). The fourth-order valence-corrected chi connectivity index (χ4v) is 2.72. The lowest BCUT2D eigenvalue weighted by Gasteiger charge is -2.09. The van der Waals surface area contributed by atoms with E-state index in [2.05, 4.69) is 16.2 Å². The summed E-state index contributed by atoms with van der Waals surface area (Å²) in [6, 6.07) is 6.12. The Labute approximate surface area is 152 Å². The summed E-state index contributed by atoms with van der Waals surface area (Å²) in [5.74, 6) is -1.29. The number of rotatable bonds is 5. The van der Waals surface area contributed by atoms with Crippen molar-refractivity contribution in [2.24, 2.45) is 0 Å². The number of nitrogens with one attached hydrogen (secondary N) is 3. The van der Waals surface area contributed by atoms with E-state index in [1.165, 1.54) is 23.5 Å². The highest BCUT2D eigenvalue weighted by Gasteiger charge is 2.12. The van der Waals surface area contributed by atoms with Crippen LogP contribution in [0.3, 0.4) is 0 Å². The van der Waals surface area contributed by atoms with Crippen molar-refractivity contribution in [1.82, 2.24) is 16.2 Å². The Morgan fingerprint density at radius 2 is 1.83 bits per heavy atom. The zero-order valence-electron chi connectivity index (χ0n) is 12.3. The number of carbonyl (C=O) groups is 3. The van der Waals surface area contributed by atoms with Crippen LogP contribution in [0.2, 0.25) is 10.0 Å². The van der Waals surface area contributed by atoms with Crippen molar-refractivity contribution in [3.63, 3.8) is 0 Å². The minimum atomic E-state index is -0.585. The monoisotopic (exact) mass is 385 g/mol. The third-order valence-corrected chi connectivity index (χ3v) is 4.16. The molecule has 6 nitrogen and oxygen atoms in total. The zero-order valence-corrected chi connectivity index (χ0v) is 14.6. The molecule has 24 heavy (non-hydrogen) atoms. The van der Waals surface area contributed by atoms with E-state index in [-0.39, 0.29) is 29.5 Å². The quantitative estimate of drug-likeness (QED) is 0.691. The number of carbonyl (C=O) groups excluding carboxylic acids is 3. The van der Waals surface area contributed by atoms with Crippen LogP contribution < -0.4 is 16.2 Å². The number of thiophene rings is 1. The molecule has 1 aromatic carbocycles. The molecule has 0 aliphatic heterocycles. The summed E-state index contributed by atoms with van der Waals surface area (Å²) in [6.45, 7) is 0.147.